The summed E-state index contributed by atoms with van der Waals surface area (Å²) in [5.41, 5.74) is 0.976. The highest BCUT2D eigenvalue weighted by atomic mass is 16.5. The van der Waals surface area contributed by atoms with Gasteiger partial charge in [0, 0.05) is 25.2 Å². The zero-order valence-corrected chi connectivity index (χ0v) is 13.5. The molecule has 2 unspecified atom stereocenters. The predicted octanol–water partition coefficient (Wildman–Crippen LogP) is 1.16. The summed E-state index contributed by atoms with van der Waals surface area (Å²) < 4.78 is 5.37. The number of likely N-dealkylation sites (tertiary alicyclic amines) is 1. The minimum atomic E-state index is -0.452. The van der Waals surface area contributed by atoms with Crippen molar-refractivity contribution in [1.29, 1.82) is 0 Å². The molecular formula is C17H26N2O3. The predicted molar refractivity (Wildman–Crippen MR) is 85.3 cm³/mol. The van der Waals surface area contributed by atoms with Gasteiger partial charge in [-0.3, -0.25) is 9.69 Å². The number of esters is 1. The lowest BCUT2D eigenvalue weighted by molar-refractivity contribution is -0.150. The van der Waals surface area contributed by atoms with E-state index in [-0.39, 0.29) is 24.7 Å². The topological polar surface area (TPSA) is 61.8 Å². The first kappa shape index (κ1) is 16.9. The Balaban J connectivity index is 1.83. The van der Waals surface area contributed by atoms with E-state index in [1.165, 1.54) is 0 Å². The van der Waals surface area contributed by atoms with Gasteiger partial charge < -0.3 is 15.2 Å². The Bertz CT molecular complexity index is 478. The van der Waals surface area contributed by atoms with Crippen LogP contribution in [0.3, 0.4) is 0 Å². The monoisotopic (exact) mass is 306 g/mol. The minimum absolute atomic E-state index is 0.00405. The molecule has 2 N–H and O–H groups in total. The Morgan fingerprint density at radius 3 is 2.64 bits per heavy atom. The molecule has 0 bridgehead atoms. The normalized spacial score (nSPS) is 23.7. The summed E-state index contributed by atoms with van der Waals surface area (Å²) in [4.78, 5) is 14.1. The second-order valence-electron chi connectivity index (χ2n) is 6.22. The van der Waals surface area contributed by atoms with Gasteiger partial charge in [0.25, 0.3) is 0 Å². The number of nitrogens with zero attached hydrogens (tertiary/aromatic N) is 1. The SMILES string of the molecule is CC(C)NC1CN([C@H](C)C(=O)OCc2ccccc2)CC1O. The molecule has 0 aliphatic carbocycles. The third kappa shape index (κ3) is 4.53. The molecule has 1 aliphatic heterocycles. The third-order valence-corrected chi connectivity index (χ3v) is 3.98. The first-order valence-electron chi connectivity index (χ1n) is 7.86. The Labute approximate surface area is 132 Å². The second-order valence-corrected chi connectivity index (χ2v) is 6.22. The molecule has 1 fully saturated rings. The van der Waals surface area contributed by atoms with Crippen LogP contribution in [0.5, 0.6) is 0 Å². The van der Waals surface area contributed by atoms with Crippen molar-refractivity contribution < 1.29 is 14.6 Å². The van der Waals surface area contributed by atoms with Gasteiger partial charge in [0.2, 0.25) is 0 Å². The number of β-amino-alcohol motifs (C(OH)–C–C–N with tert-alkyl or cyclic N) is 1. The highest BCUT2D eigenvalue weighted by molar-refractivity contribution is 5.75. The average molecular weight is 306 g/mol. The van der Waals surface area contributed by atoms with Crippen molar-refractivity contribution >= 4 is 5.97 Å². The van der Waals surface area contributed by atoms with Crippen LogP contribution in [-0.2, 0) is 16.1 Å². The number of benzene rings is 1. The number of hydrogen-bond acceptors (Lipinski definition) is 5. The fourth-order valence-corrected chi connectivity index (χ4v) is 2.72. The van der Waals surface area contributed by atoms with Crippen molar-refractivity contribution in [2.45, 2.75) is 51.6 Å². The van der Waals surface area contributed by atoms with Crippen molar-refractivity contribution in [3.8, 4) is 0 Å². The number of nitrogens with one attached hydrogen (secondary N) is 1. The molecule has 1 aromatic carbocycles. The zero-order valence-electron chi connectivity index (χ0n) is 13.5. The summed E-state index contributed by atoms with van der Waals surface area (Å²) in [6, 6.07) is 9.60. The summed E-state index contributed by atoms with van der Waals surface area (Å²) in [6.45, 7) is 7.36. The molecule has 0 radical (unpaired) electrons. The Morgan fingerprint density at radius 2 is 2.00 bits per heavy atom. The van der Waals surface area contributed by atoms with Crippen molar-refractivity contribution in [2.75, 3.05) is 13.1 Å². The molecule has 0 amide bonds. The molecule has 1 saturated heterocycles. The average Bonchev–Trinajstić information content (AvgIpc) is 2.85. The van der Waals surface area contributed by atoms with Crippen molar-refractivity contribution in [3.05, 3.63) is 35.9 Å². The molecule has 0 spiro atoms. The van der Waals surface area contributed by atoms with E-state index in [4.69, 9.17) is 4.74 Å². The van der Waals surface area contributed by atoms with Gasteiger partial charge in [0.1, 0.15) is 12.6 Å². The standard InChI is InChI=1S/C17H26N2O3/c1-12(2)18-15-9-19(10-16(15)20)13(3)17(21)22-11-14-7-5-4-6-8-14/h4-8,12-13,15-16,18,20H,9-11H2,1-3H3/t13-,15?,16?/m1/s1. The molecule has 5 heteroatoms. The van der Waals surface area contributed by atoms with E-state index in [0.717, 1.165) is 5.56 Å². The summed E-state index contributed by atoms with van der Waals surface area (Å²) in [7, 11) is 0. The molecule has 5 nitrogen and oxygen atoms in total. The van der Waals surface area contributed by atoms with Gasteiger partial charge in [-0.05, 0) is 12.5 Å². The van der Waals surface area contributed by atoms with Crippen LogP contribution in [0.25, 0.3) is 0 Å². The maximum Gasteiger partial charge on any atom is 0.323 e. The maximum absolute atomic E-state index is 12.2. The molecule has 0 saturated carbocycles. The van der Waals surface area contributed by atoms with E-state index >= 15 is 0 Å². The second kappa shape index (κ2) is 7.72. The van der Waals surface area contributed by atoms with E-state index in [9.17, 15) is 9.90 Å². The molecule has 22 heavy (non-hydrogen) atoms. The molecule has 2 rings (SSSR count). The fraction of sp³-hybridized carbons (Fsp3) is 0.588. The van der Waals surface area contributed by atoms with Crippen LogP contribution in [0.1, 0.15) is 26.3 Å². The van der Waals surface area contributed by atoms with Crippen LogP contribution in [0.2, 0.25) is 0 Å². The highest BCUT2D eigenvalue weighted by Gasteiger charge is 2.36. The van der Waals surface area contributed by atoms with E-state index < -0.39 is 6.10 Å². The Kier molecular flexibility index (Phi) is 5.94. The first-order chi connectivity index (χ1) is 10.5. The highest BCUT2D eigenvalue weighted by Crippen LogP contribution is 2.15. The van der Waals surface area contributed by atoms with Crippen LogP contribution in [-0.4, -0.2) is 53.3 Å². The number of aliphatic hydroxyl groups is 1. The maximum atomic E-state index is 12.2. The number of ether oxygens (including phenoxy) is 1. The lowest BCUT2D eigenvalue weighted by Crippen LogP contribution is -2.44. The summed E-state index contributed by atoms with van der Waals surface area (Å²) in [6.07, 6.45) is -0.452. The van der Waals surface area contributed by atoms with Crippen molar-refractivity contribution in [3.63, 3.8) is 0 Å². The molecule has 3 atom stereocenters. The first-order valence-corrected chi connectivity index (χ1v) is 7.86. The van der Waals surface area contributed by atoms with Gasteiger partial charge in [0.05, 0.1) is 6.10 Å². The quantitative estimate of drug-likeness (QED) is 0.772. The van der Waals surface area contributed by atoms with E-state index in [2.05, 4.69) is 5.32 Å². The number of aliphatic hydroxyl groups excluding tert-OH is 1. The lowest BCUT2D eigenvalue weighted by atomic mass is 10.2. The van der Waals surface area contributed by atoms with Gasteiger partial charge in [-0.15, -0.1) is 0 Å². The van der Waals surface area contributed by atoms with Crippen LogP contribution in [0, 0.1) is 0 Å². The number of rotatable bonds is 6. The Morgan fingerprint density at radius 1 is 1.32 bits per heavy atom. The molecule has 0 aromatic heterocycles. The smallest absolute Gasteiger partial charge is 0.323 e. The molecule has 1 aromatic rings. The summed E-state index contributed by atoms with van der Waals surface area (Å²) in [5, 5.41) is 13.4. The number of hydrogen-bond donors (Lipinski definition) is 2. The van der Waals surface area contributed by atoms with Gasteiger partial charge >= 0.3 is 5.97 Å². The summed E-state index contributed by atoms with van der Waals surface area (Å²) >= 11 is 0. The van der Waals surface area contributed by atoms with Crippen LogP contribution >= 0.6 is 0 Å². The van der Waals surface area contributed by atoms with Crippen LogP contribution in [0.4, 0.5) is 0 Å². The number of carbonyl (C=O) groups excluding carboxylic acids is 1. The zero-order chi connectivity index (χ0) is 16.1. The van der Waals surface area contributed by atoms with Crippen LogP contribution < -0.4 is 5.32 Å². The van der Waals surface area contributed by atoms with Crippen molar-refractivity contribution in [2.24, 2.45) is 0 Å². The third-order valence-electron chi connectivity index (χ3n) is 3.98. The molecule has 122 valence electrons. The Hall–Kier alpha value is -1.43. The molecular weight excluding hydrogens is 280 g/mol. The van der Waals surface area contributed by atoms with E-state index in [1.54, 1.807) is 0 Å². The van der Waals surface area contributed by atoms with Gasteiger partial charge in [-0.1, -0.05) is 44.2 Å². The van der Waals surface area contributed by atoms with E-state index in [0.29, 0.717) is 19.1 Å². The summed E-state index contributed by atoms with van der Waals surface area (Å²) in [5.74, 6) is -0.249. The van der Waals surface area contributed by atoms with E-state index in [1.807, 2.05) is 56.0 Å². The van der Waals surface area contributed by atoms with Gasteiger partial charge in [0.15, 0.2) is 0 Å². The van der Waals surface area contributed by atoms with Gasteiger partial charge in [-0.2, -0.15) is 0 Å². The lowest BCUT2D eigenvalue weighted by Gasteiger charge is -2.23. The molecule has 1 aliphatic rings. The van der Waals surface area contributed by atoms with Crippen molar-refractivity contribution in [1.82, 2.24) is 10.2 Å². The largest absolute Gasteiger partial charge is 0.460 e. The number of carbonyl (C=O) groups is 1. The fourth-order valence-electron chi connectivity index (χ4n) is 2.72. The van der Waals surface area contributed by atoms with Crippen LogP contribution in [0.15, 0.2) is 30.3 Å². The minimum Gasteiger partial charge on any atom is -0.460 e. The molecule has 1 heterocycles. The van der Waals surface area contributed by atoms with Gasteiger partial charge in [-0.25, -0.2) is 0 Å².